The van der Waals surface area contributed by atoms with E-state index in [0.717, 1.165) is 24.9 Å². The fraction of sp³-hybridized carbons (Fsp3) is 0.312. The molecule has 0 radical (unpaired) electrons. The Kier molecular flexibility index (Phi) is 5.03. The first-order chi connectivity index (χ1) is 10.4. The molecule has 0 unspecified atom stereocenters. The fourth-order valence-corrected chi connectivity index (χ4v) is 2.68. The maximum atomic E-state index is 12.1. The Morgan fingerprint density at radius 3 is 2.45 bits per heavy atom. The molecule has 5 nitrogen and oxygen atoms in total. The van der Waals surface area contributed by atoms with Gasteiger partial charge in [-0.05, 0) is 49.7 Å². The molecular weight excluding hydrogens is 302 g/mol. The summed E-state index contributed by atoms with van der Waals surface area (Å²) < 4.78 is 28.0. The van der Waals surface area contributed by atoms with Gasteiger partial charge < -0.3 is 9.73 Å². The average molecular weight is 321 g/mol. The highest BCUT2D eigenvalue weighted by atomic mass is 32.2. The molecule has 0 spiro atoms. The van der Waals surface area contributed by atoms with E-state index in [1.165, 1.54) is 24.3 Å². The van der Waals surface area contributed by atoms with E-state index in [4.69, 9.17) is 4.42 Å². The van der Waals surface area contributed by atoms with Crippen LogP contribution in [0.1, 0.15) is 29.5 Å². The predicted octanol–water partition coefficient (Wildman–Crippen LogP) is 2.43. The van der Waals surface area contributed by atoms with Gasteiger partial charge in [0.05, 0.1) is 11.2 Å². The summed E-state index contributed by atoms with van der Waals surface area (Å²) >= 11 is 0. The minimum atomic E-state index is -3.24. The van der Waals surface area contributed by atoms with Crippen LogP contribution in [-0.2, 0) is 16.3 Å². The van der Waals surface area contributed by atoms with Crippen LogP contribution in [0, 0.1) is 0 Å². The summed E-state index contributed by atoms with van der Waals surface area (Å²) in [5.41, 5.74) is 0.442. The normalized spacial score (nSPS) is 12.8. The van der Waals surface area contributed by atoms with E-state index < -0.39 is 9.84 Å². The van der Waals surface area contributed by atoms with Gasteiger partial charge in [-0.25, -0.2) is 8.42 Å². The molecule has 0 aliphatic heterocycles. The molecule has 1 amide bonds. The number of nitrogens with one attached hydrogen (secondary N) is 1. The van der Waals surface area contributed by atoms with Crippen molar-refractivity contribution in [3.8, 4) is 0 Å². The van der Waals surface area contributed by atoms with Crippen molar-refractivity contribution in [2.75, 3.05) is 6.26 Å². The number of carbonyl (C=O) groups is 1. The fourth-order valence-electron chi connectivity index (χ4n) is 2.05. The third kappa shape index (κ3) is 4.46. The number of hydrogen-bond donors (Lipinski definition) is 1. The third-order valence-electron chi connectivity index (χ3n) is 3.33. The number of carbonyl (C=O) groups excluding carboxylic acids is 1. The first-order valence-corrected chi connectivity index (χ1v) is 8.89. The molecule has 2 rings (SSSR count). The number of furan rings is 1. The van der Waals surface area contributed by atoms with Crippen LogP contribution in [0.4, 0.5) is 0 Å². The number of hydrogen-bond acceptors (Lipinski definition) is 4. The molecule has 1 heterocycles. The van der Waals surface area contributed by atoms with E-state index in [1.54, 1.807) is 6.26 Å². The second-order valence-electron chi connectivity index (χ2n) is 5.29. The lowest BCUT2D eigenvalue weighted by Crippen LogP contribution is -2.32. The molecular formula is C16H19NO4S. The zero-order valence-corrected chi connectivity index (χ0v) is 13.4. The highest BCUT2D eigenvalue weighted by Crippen LogP contribution is 2.11. The first-order valence-electron chi connectivity index (χ1n) is 6.99. The van der Waals surface area contributed by atoms with Crippen LogP contribution in [0.25, 0.3) is 0 Å². The Hall–Kier alpha value is -2.08. The van der Waals surface area contributed by atoms with Gasteiger partial charge in [0.1, 0.15) is 5.76 Å². The van der Waals surface area contributed by atoms with Gasteiger partial charge in [0, 0.05) is 24.3 Å². The van der Waals surface area contributed by atoms with Crippen LogP contribution >= 0.6 is 0 Å². The van der Waals surface area contributed by atoms with E-state index in [2.05, 4.69) is 5.32 Å². The lowest BCUT2D eigenvalue weighted by Gasteiger charge is -2.13. The van der Waals surface area contributed by atoms with Crippen LogP contribution in [0.15, 0.2) is 52.0 Å². The van der Waals surface area contributed by atoms with Crippen molar-refractivity contribution in [2.45, 2.75) is 30.7 Å². The summed E-state index contributed by atoms with van der Waals surface area (Å²) in [6.07, 6.45) is 4.28. The van der Waals surface area contributed by atoms with Crippen molar-refractivity contribution in [2.24, 2.45) is 0 Å². The summed E-state index contributed by atoms with van der Waals surface area (Å²) in [7, 11) is -3.24. The topological polar surface area (TPSA) is 76.4 Å². The average Bonchev–Trinajstić information content (AvgIpc) is 2.97. The molecule has 1 N–H and O–H groups in total. The van der Waals surface area contributed by atoms with Gasteiger partial charge >= 0.3 is 0 Å². The molecule has 0 aliphatic rings. The Labute approximate surface area is 130 Å². The van der Waals surface area contributed by atoms with Crippen molar-refractivity contribution in [3.63, 3.8) is 0 Å². The lowest BCUT2D eigenvalue weighted by atomic mass is 10.1. The van der Waals surface area contributed by atoms with Gasteiger partial charge in [-0.15, -0.1) is 0 Å². The van der Waals surface area contributed by atoms with Gasteiger partial charge in [-0.2, -0.15) is 0 Å². The van der Waals surface area contributed by atoms with Crippen molar-refractivity contribution >= 4 is 15.7 Å². The van der Waals surface area contributed by atoms with Crippen molar-refractivity contribution < 1.29 is 17.6 Å². The quantitative estimate of drug-likeness (QED) is 0.886. The second kappa shape index (κ2) is 6.79. The number of sulfone groups is 1. The smallest absolute Gasteiger partial charge is 0.251 e. The molecule has 0 bridgehead atoms. The van der Waals surface area contributed by atoms with Crippen molar-refractivity contribution in [3.05, 3.63) is 54.0 Å². The maximum absolute atomic E-state index is 12.1. The summed E-state index contributed by atoms with van der Waals surface area (Å²) in [4.78, 5) is 12.3. The second-order valence-corrected chi connectivity index (χ2v) is 7.30. The van der Waals surface area contributed by atoms with Crippen LogP contribution in [0.3, 0.4) is 0 Å². The molecule has 0 saturated heterocycles. The summed E-state index contributed by atoms with van der Waals surface area (Å²) in [5, 5.41) is 2.89. The molecule has 6 heteroatoms. The molecule has 0 saturated carbocycles. The molecule has 1 aromatic carbocycles. The summed E-state index contributed by atoms with van der Waals surface area (Å²) in [5.74, 6) is 0.672. The Balaban J connectivity index is 1.91. The molecule has 22 heavy (non-hydrogen) atoms. The van der Waals surface area contributed by atoms with Gasteiger partial charge in [0.2, 0.25) is 0 Å². The number of aryl methyl sites for hydroxylation is 1. The zero-order chi connectivity index (χ0) is 16.2. The lowest BCUT2D eigenvalue weighted by molar-refractivity contribution is 0.0938. The molecule has 2 aromatic rings. The molecule has 0 fully saturated rings. The van der Waals surface area contributed by atoms with Crippen LogP contribution in [0.5, 0.6) is 0 Å². The van der Waals surface area contributed by atoms with E-state index in [9.17, 15) is 13.2 Å². The van der Waals surface area contributed by atoms with Gasteiger partial charge in [-0.1, -0.05) is 0 Å². The minimum Gasteiger partial charge on any atom is -0.469 e. The molecule has 1 aromatic heterocycles. The highest BCUT2D eigenvalue weighted by molar-refractivity contribution is 7.90. The van der Waals surface area contributed by atoms with Gasteiger partial charge in [-0.3, -0.25) is 4.79 Å². The maximum Gasteiger partial charge on any atom is 0.251 e. The number of benzene rings is 1. The van der Waals surface area contributed by atoms with E-state index in [-0.39, 0.29) is 16.8 Å². The minimum absolute atomic E-state index is 0.00724. The first kappa shape index (κ1) is 16.3. The van der Waals surface area contributed by atoms with E-state index >= 15 is 0 Å². The summed E-state index contributed by atoms with van der Waals surface area (Å²) in [6.45, 7) is 1.92. The largest absolute Gasteiger partial charge is 0.469 e. The number of amides is 1. The highest BCUT2D eigenvalue weighted by Gasteiger charge is 2.12. The number of rotatable bonds is 6. The molecule has 0 aliphatic carbocycles. The third-order valence-corrected chi connectivity index (χ3v) is 4.45. The van der Waals surface area contributed by atoms with E-state index in [0.29, 0.717) is 5.56 Å². The molecule has 118 valence electrons. The standard InChI is InChI=1S/C16H19NO4S/c1-12(5-8-14-4-3-11-21-14)17-16(18)13-6-9-15(10-7-13)22(2,19)20/h3-4,6-7,9-12H,5,8H2,1-2H3,(H,17,18)/t12-/m0/s1. The van der Waals surface area contributed by atoms with E-state index in [1.807, 2.05) is 19.1 Å². The van der Waals surface area contributed by atoms with Crippen LogP contribution in [-0.4, -0.2) is 26.6 Å². The van der Waals surface area contributed by atoms with Crippen molar-refractivity contribution in [1.29, 1.82) is 0 Å². The monoisotopic (exact) mass is 321 g/mol. The Morgan fingerprint density at radius 1 is 1.23 bits per heavy atom. The van der Waals surface area contributed by atoms with Gasteiger partial charge in [0.15, 0.2) is 9.84 Å². The van der Waals surface area contributed by atoms with Crippen molar-refractivity contribution in [1.82, 2.24) is 5.32 Å². The van der Waals surface area contributed by atoms with Gasteiger partial charge in [0.25, 0.3) is 5.91 Å². The Morgan fingerprint density at radius 2 is 1.91 bits per heavy atom. The van der Waals surface area contributed by atoms with Crippen LogP contribution in [0.2, 0.25) is 0 Å². The zero-order valence-electron chi connectivity index (χ0n) is 12.6. The SMILES string of the molecule is C[C@@H](CCc1ccco1)NC(=O)c1ccc(S(C)(=O)=O)cc1. The molecule has 1 atom stereocenters. The predicted molar refractivity (Wildman–Crippen MR) is 83.5 cm³/mol. The van der Waals surface area contributed by atoms with Crippen LogP contribution < -0.4 is 5.32 Å². The summed E-state index contributed by atoms with van der Waals surface area (Å²) in [6, 6.07) is 9.65. The Bertz CT molecular complexity index is 718.